The molecule has 0 aliphatic heterocycles. The molecule has 0 heteroatoms. The highest BCUT2D eigenvalue weighted by molar-refractivity contribution is 6.25. The minimum atomic E-state index is -0.404. The van der Waals surface area contributed by atoms with E-state index in [4.69, 9.17) is 0 Å². The first-order valence-electron chi connectivity index (χ1n) is 14.8. The van der Waals surface area contributed by atoms with Crippen LogP contribution in [-0.2, 0) is 5.41 Å². The molecule has 0 saturated heterocycles. The molecule has 0 saturated carbocycles. The monoisotopic (exact) mass is 532 g/mol. The molecule has 0 radical (unpaired) electrons. The van der Waals surface area contributed by atoms with Gasteiger partial charge in [0.1, 0.15) is 0 Å². The maximum Gasteiger partial charge on any atom is 0.0713 e. The average Bonchev–Trinajstić information content (AvgIpc) is 3.34. The van der Waals surface area contributed by atoms with Crippen LogP contribution in [0.2, 0.25) is 0 Å². The van der Waals surface area contributed by atoms with Crippen LogP contribution in [-0.4, -0.2) is 0 Å². The van der Waals surface area contributed by atoms with E-state index in [2.05, 4.69) is 159 Å². The molecule has 0 fully saturated rings. The van der Waals surface area contributed by atoms with Gasteiger partial charge in [-0.05, 0) is 89.8 Å². The predicted molar refractivity (Wildman–Crippen MR) is 178 cm³/mol. The van der Waals surface area contributed by atoms with E-state index in [-0.39, 0.29) is 0 Å². The molecule has 0 atom stereocenters. The lowest BCUT2D eigenvalue weighted by molar-refractivity contribution is 0.768. The molecule has 0 bridgehead atoms. The minimum Gasteiger partial charge on any atom is -0.0622 e. The van der Waals surface area contributed by atoms with Crippen molar-refractivity contribution in [2.24, 2.45) is 0 Å². The largest absolute Gasteiger partial charge is 0.0713 e. The Balaban J connectivity index is 1.38. The van der Waals surface area contributed by atoms with Crippen molar-refractivity contribution in [1.29, 1.82) is 0 Å². The zero-order valence-corrected chi connectivity index (χ0v) is 23.4. The zero-order valence-electron chi connectivity index (χ0n) is 23.4. The van der Waals surface area contributed by atoms with E-state index in [1.165, 1.54) is 82.4 Å². The summed E-state index contributed by atoms with van der Waals surface area (Å²) in [6.45, 7) is 2.21. The van der Waals surface area contributed by atoms with Crippen LogP contribution in [0, 0.1) is 6.92 Å². The lowest BCUT2D eigenvalue weighted by Gasteiger charge is -2.34. The van der Waals surface area contributed by atoms with E-state index < -0.39 is 5.41 Å². The van der Waals surface area contributed by atoms with Gasteiger partial charge in [0.2, 0.25) is 0 Å². The van der Waals surface area contributed by atoms with E-state index >= 15 is 0 Å². The second-order valence-electron chi connectivity index (χ2n) is 11.8. The third kappa shape index (κ3) is 3.07. The predicted octanol–water partition coefficient (Wildman–Crippen LogP) is 10.9. The smallest absolute Gasteiger partial charge is 0.0622 e. The summed E-state index contributed by atoms with van der Waals surface area (Å²) in [5.41, 5.74) is 11.4. The standard InChI is InChI=1S/C42H28/c1-27-15-21-35-36-23-20-31(34-22-18-30-17-16-28-9-8-10-29-19-24-37(34)41(30)40(28)29)26-39(36)42(38(35)25-27,32-11-4-2-5-12-32)33-13-6-3-7-14-33/h2-26H,1H3. The van der Waals surface area contributed by atoms with Crippen LogP contribution >= 0.6 is 0 Å². The molecule has 9 rings (SSSR count). The number of hydrogen-bond acceptors (Lipinski definition) is 0. The third-order valence-corrected chi connectivity index (χ3v) is 9.55. The number of benzene rings is 8. The summed E-state index contributed by atoms with van der Waals surface area (Å²) in [6.07, 6.45) is 0. The Hall–Kier alpha value is -5.20. The Morgan fingerprint density at radius 2 is 0.952 bits per heavy atom. The SMILES string of the molecule is Cc1ccc2c(c1)C(c1ccccc1)(c1ccccc1)c1cc(-c3ccc4ccc5cccc6ccc3c4c56)ccc1-2. The zero-order chi connectivity index (χ0) is 27.8. The highest BCUT2D eigenvalue weighted by Gasteiger charge is 2.46. The van der Waals surface area contributed by atoms with E-state index in [0.29, 0.717) is 0 Å². The molecule has 42 heavy (non-hydrogen) atoms. The van der Waals surface area contributed by atoms with Gasteiger partial charge in [0.15, 0.2) is 0 Å². The molecule has 1 aliphatic rings. The van der Waals surface area contributed by atoms with Crippen LogP contribution in [0.1, 0.15) is 27.8 Å². The first-order valence-corrected chi connectivity index (χ1v) is 14.8. The molecule has 0 amide bonds. The highest BCUT2D eigenvalue weighted by Crippen LogP contribution is 2.57. The van der Waals surface area contributed by atoms with Gasteiger partial charge in [0.25, 0.3) is 0 Å². The lowest BCUT2D eigenvalue weighted by Crippen LogP contribution is -2.28. The highest BCUT2D eigenvalue weighted by atomic mass is 14.5. The van der Waals surface area contributed by atoms with Crippen molar-refractivity contribution >= 4 is 32.3 Å². The van der Waals surface area contributed by atoms with Gasteiger partial charge in [-0.1, -0.05) is 151 Å². The molecular weight excluding hydrogens is 504 g/mol. The van der Waals surface area contributed by atoms with Crippen LogP contribution in [0.3, 0.4) is 0 Å². The topological polar surface area (TPSA) is 0 Å². The fraction of sp³-hybridized carbons (Fsp3) is 0.0476. The average molecular weight is 533 g/mol. The fourth-order valence-electron chi connectivity index (χ4n) is 7.76. The summed E-state index contributed by atoms with van der Waals surface area (Å²) >= 11 is 0. The number of aryl methyl sites for hydroxylation is 1. The maximum atomic E-state index is 2.48. The number of hydrogen-bond donors (Lipinski definition) is 0. The van der Waals surface area contributed by atoms with Crippen molar-refractivity contribution in [3.05, 3.63) is 179 Å². The van der Waals surface area contributed by atoms with Crippen molar-refractivity contribution in [3.63, 3.8) is 0 Å². The molecule has 0 aromatic heterocycles. The van der Waals surface area contributed by atoms with Crippen LogP contribution in [0.15, 0.2) is 152 Å². The van der Waals surface area contributed by atoms with Gasteiger partial charge in [0.05, 0.1) is 5.41 Å². The molecule has 1 aliphatic carbocycles. The fourth-order valence-corrected chi connectivity index (χ4v) is 7.76. The van der Waals surface area contributed by atoms with Crippen LogP contribution in [0.25, 0.3) is 54.6 Å². The van der Waals surface area contributed by atoms with Crippen molar-refractivity contribution in [3.8, 4) is 22.3 Å². The lowest BCUT2D eigenvalue weighted by atomic mass is 9.67. The number of rotatable bonds is 3. The first kappa shape index (κ1) is 23.5. The van der Waals surface area contributed by atoms with Crippen molar-refractivity contribution in [2.75, 3.05) is 0 Å². The van der Waals surface area contributed by atoms with Gasteiger partial charge in [-0.25, -0.2) is 0 Å². The Bertz CT molecular complexity index is 2240. The van der Waals surface area contributed by atoms with Gasteiger partial charge in [-0.3, -0.25) is 0 Å². The minimum absolute atomic E-state index is 0.404. The quantitative estimate of drug-likeness (QED) is 0.199. The van der Waals surface area contributed by atoms with E-state index in [9.17, 15) is 0 Å². The summed E-state index contributed by atoms with van der Waals surface area (Å²) in [6, 6.07) is 56.7. The molecule has 8 aromatic carbocycles. The van der Waals surface area contributed by atoms with E-state index in [1.807, 2.05) is 0 Å². The first-order chi connectivity index (χ1) is 20.7. The van der Waals surface area contributed by atoms with Gasteiger partial charge in [-0.15, -0.1) is 0 Å². The summed E-state index contributed by atoms with van der Waals surface area (Å²) in [5, 5.41) is 7.93. The maximum absolute atomic E-state index is 2.48. The summed E-state index contributed by atoms with van der Waals surface area (Å²) in [7, 11) is 0. The van der Waals surface area contributed by atoms with E-state index in [1.54, 1.807) is 0 Å². The molecule has 8 aromatic rings. The van der Waals surface area contributed by atoms with Crippen molar-refractivity contribution in [1.82, 2.24) is 0 Å². The Morgan fingerprint density at radius 1 is 0.405 bits per heavy atom. The van der Waals surface area contributed by atoms with Gasteiger partial charge in [0, 0.05) is 0 Å². The summed E-state index contributed by atoms with van der Waals surface area (Å²) in [4.78, 5) is 0. The van der Waals surface area contributed by atoms with Gasteiger partial charge in [-0.2, -0.15) is 0 Å². The molecule has 196 valence electrons. The normalized spacial score (nSPS) is 13.5. The second-order valence-corrected chi connectivity index (χ2v) is 11.8. The van der Waals surface area contributed by atoms with Crippen LogP contribution in [0.5, 0.6) is 0 Å². The van der Waals surface area contributed by atoms with Gasteiger partial charge >= 0.3 is 0 Å². The molecule has 0 nitrogen and oxygen atoms in total. The molecule has 0 spiro atoms. The molecule has 0 heterocycles. The Labute approximate surface area is 245 Å². The second kappa shape index (κ2) is 8.65. The number of fused-ring (bicyclic) bond motifs is 3. The van der Waals surface area contributed by atoms with Crippen molar-refractivity contribution < 1.29 is 0 Å². The Morgan fingerprint density at radius 3 is 1.64 bits per heavy atom. The third-order valence-electron chi connectivity index (χ3n) is 9.55. The van der Waals surface area contributed by atoms with Gasteiger partial charge < -0.3 is 0 Å². The summed E-state index contributed by atoms with van der Waals surface area (Å²) in [5.74, 6) is 0. The molecular formula is C42H28. The molecule has 0 unspecified atom stereocenters. The van der Waals surface area contributed by atoms with E-state index in [0.717, 1.165) is 0 Å². The summed E-state index contributed by atoms with van der Waals surface area (Å²) < 4.78 is 0. The molecule has 0 N–H and O–H groups in total. The van der Waals surface area contributed by atoms with Crippen molar-refractivity contribution in [2.45, 2.75) is 12.3 Å². The van der Waals surface area contributed by atoms with Crippen LogP contribution in [0.4, 0.5) is 0 Å². The van der Waals surface area contributed by atoms with Crippen LogP contribution < -0.4 is 0 Å². The Kier molecular flexibility index (Phi) is 4.84.